The lowest BCUT2D eigenvalue weighted by Crippen LogP contribution is -2.13. The molecule has 0 radical (unpaired) electrons. The minimum absolute atomic E-state index is 0.663. The Labute approximate surface area is 239 Å². The van der Waals surface area contributed by atoms with Gasteiger partial charge in [0.25, 0.3) is 0 Å². The van der Waals surface area contributed by atoms with Crippen molar-refractivity contribution in [3.05, 3.63) is 77.4 Å². The van der Waals surface area contributed by atoms with E-state index < -0.39 is 0 Å². The van der Waals surface area contributed by atoms with Gasteiger partial charge in [0.05, 0.1) is 6.61 Å². The highest BCUT2D eigenvalue weighted by Crippen LogP contribution is 2.38. The number of rotatable bonds is 12. The van der Waals surface area contributed by atoms with Gasteiger partial charge in [0.2, 0.25) is 0 Å². The summed E-state index contributed by atoms with van der Waals surface area (Å²) in [7, 11) is 0. The van der Waals surface area contributed by atoms with Crippen molar-refractivity contribution >= 4 is 0 Å². The van der Waals surface area contributed by atoms with Crippen molar-refractivity contribution in [1.29, 1.82) is 0 Å². The molecule has 0 spiro atoms. The lowest BCUT2D eigenvalue weighted by Gasteiger charge is -2.29. The first-order valence-electron chi connectivity index (χ1n) is 16.3. The fourth-order valence-corrected chi connectivity index (χ4v) is 6.64. The van der Waals surface area contributed by atoms with Crippen molar-refractivity contribution in [3.8, 4) is 17.6 Å². The summed E-state index contributed by atoms with van der Waals surface area (Å²) in [5.41, 5.74) is 4.13. The molecule has 2 fully saturated rings. The van der Waals surface area contributed by atoms with Gasteiger partial charge in [-0.3, -0.25) is 0 Å². The second-order valence-electron chi connectivity index (χ2n) is 12.2. The third-order valence-corrected chi connectivity index (χ3v) is 9.25. The number of ether oxygens (including phenoxy) is 1. The summed E-state index contributed by atoms with van der Waals surface area (Å²) in [5.74, 6) is 10.8. The smallest absolute Gasteiger partial charge is 0.119 e. The molecule has 1 heteroatoms. The molecule has 0 heterocycles. The lowest BCUT2D eigenvalue weighted by molar-refractivity contribution is 0.303. The average molecular weight is 525 g/mol. The maximum Gasteiger partial charge on any atom is 0.119 e. The summed E-state index contributed by atoms with van der Waals surface area (Å²) in [6.07, 6.45) is 24.3. The van der Waals surface area contributed by atoms with Gasteiger partial charge in [-0.2, -0.15) is 0 Å². The number of hydrogen-bond acceptors (Lipinski definition) is 1. The second-order valence-corrected chi connectivity index (χ2v) is 12.2. The van der Waals surface area contributed by atoms with Crippen LogP contribution in [0.25, 0.3) is 0 Å². The predicted octanol–water partition coefficient (Wildman–Crippen LogP) is 11.0. The Hall–Kier alpha value is -2.46. The molecule has 2 saturated carbocycles. The van der Waals surface area contributed by atoms with E-state index in [1.54, 1.807) is 0 Å². The fourth-order valence-electron chi connectivity index (χ4n) is 6.64. The molecular weight excluding hydrogens is 472 g/mol. The molecule has 0 aromatic heterocycles. The highest BCUT2D eigenvalue weighted by Gasteiger charge is 2.22. The van der Waals surface area contributed by atoms with Gasteiger partial charge in [0.1, 0.15) is 5.75 Å². The first-order chi connectivity index (χ1) is 19.2. The maximum atomic E-state index is 5.88. The second kappa shape index (κ2) is 16.6. The Morgan fingerprint density at radius 3 is 1.92 bits per heavy atom. The maximum absolute atomic E-state index is 5.88. The summed E-state index contributed by atoms with van der Waals surface area (Å²) >= 11 is 0. The number of unbranched alkanes of at least 4 members (excludes halogenated alkanes) is 4. The van der Waals surface area contributed by atoms with Crippen LogP contribution in [-0.2, 0) is 0 Å². The monoisotopic (exact) mass is 524 g/mol. The van der Waals surface area contributed by atoms with Gasteiger partial charge in [0, 0.05) is 5.56 Å². The molecule has 0 unspecified atom stereocenters. The molecule has 0 aliphatic heterocycles. The highest BCUT2D eigenvalue weighted by molar-refractivity contribution is 5.39. The standard InChI is InChI=1S/C38H52O/c1-3-5-7-11-31-14-20-34(21-15-31)35-22-16-32(17-23-35)12-8-9-13-33-18-24-36(25-19-33)37-26-28-38(29-27-37)39-30-10-6-4-2/h9,13,16-17,22-23,26-29,31,33-34,36H,3-7,10-11,14-15,18-21,24-25,30H2,1-2H3/t31-,33-,34-,36-. The first kappa shape index (κ1) is 29.5. The number of allylic oxidation sites excluding steroid dienone is 2. The van der Waals surface area contributed by atoms with Crippen LogP contribution in [-0.4, -0.2) is 6.61 Å². The van der Waals surface area contributed by atoms with Crippen LogP contribution in [0.4, 0.5) is 0 Å². The van der Waals surface area contributed by atoms with Gasteiger partial charge < -0.3 is 4.74 Å². The van der Waals surface area contributed by atoms with Gasteiger partial charge in [0.15, 0.2) is 0 Å². The number of benzene rings is 2. The Morgan fingerprint density at radius 2 is 1.28 bits per heavy atom. The summed E-state index contributed by atoms with van der Waals surface area (Å²) in [6.45, 7) is 5.37. The van der Waals surface area contributed by atoms with E-state index in [9.17, 15) is 0 Å². The predicted molar refractivity (Wildman–Crippen MR) is 167 cm³/mol. The third kappa shape index (κ3) is 9.90. The van der Waals surface area contributed by atoms with E-state index in [1.165, 1.54) is 101 Å². The van der Waals surface area contributed by atoms with Gasteiger partial charge in [-0.1, -0.05) is 94.6 Å². The lowest BCUT2D eigenvalue weighted by atomic mass is 9.77. The average Bonchev–Trinajstić information content (AvgIpc) is 2.99. The molecule has 0 N–H and O–H groups in total. The minimum Gasteiger partial charge on any atom is -0.494 e. The topological polar surface area (TPSA) is 9.23 Å². The molecule has 4 rings (SSSR count). The van der Waals surface area contributed by atoms with Crippen LogP contribution in [0.15, 0.2) is 60.7 Å². The molecule has 0 amide bonds. The van der Waals surface area contributed by atoms with E-state index in [2.05, 4.69) is 86.4 Å². The van der Waals surface area contributed by atoms with Gasteiger partial charge in [-0.25, -0.2) is 0 Å². The van der Waals surface area contributed by atoms with Gasteiger partial charge >= 0.3 is 0 Å². The first-order valence-corrected chi connectivity index (χ1v) is 16.3. The van der Waals surface area contributed by atoms with Crippen LogP contribution in [0.3, 0.4) is 0 Å². The quantitative estimate of drug-likeness (QED) is 0.198. The van der Waals surface area contributed by atoms with Crippen LogP contribution in [0.2, 0.25) is 0 Å². The Morgan fingerprint density at radius 1 is 0.692 bits per heavy atom. The largest absolute Gasteiger partial charge is 0.494 e. The van der Waals surface area contributed by atoms with Crippen molar-refractivity contribution in [1.82, 2.24) is 0 Å². The fraction of sp³-hybridized carbons (Fsp3) is 0.579. The van der Waals surface area contributed by atoms with Gasteiger partial charge in [-0.15, -0.1) is 0 Å². The zero-order chi connectivity index (χ0) is 27.1. The van der Waals surface area contributed by atoms with Crippen molar-refractivity contribution in [2.45, 2.75) is 122 Å². The molecular formula is C38H52O. The highest BCUT2D eigenvalue weighted by atomic mass is 16.5. The zero-order valence-corrected chi connectivity index (χ0v) is 24.8. The Bertz CT molecular complexity index is 1020. The third-order valence-electron chi connectivity index (χ3n) is 9.25. The molecule has 0 atom stereocenters. The van der Waals surface area contributed by atoms with Gasteiger partial charge in [-0.05, 0) is 123 Å². The molecule has 2 aliphatic carbocycles. The molecule has 39 heavy (non-hydrogen) atoms. The van der Waals surface area contributed by atoms with E-state index in [0.29, 0.717) is 11.8 Å². The number of hydrogen-bond donors (Lipinski definition) is 0. The van der Waals surface area contributed by atoms with E-state index in [4.69, 9.17) is 4.74 Å². The molecule has 0 saturated heterocycles. The summed E-state index contributed by atoms with van der Waals surface area (Å²) in [4.78, 5) is 0. The summed E-state index contributed by atoms with van der Waals surface area (Å²) in [5, 5.41) is 0. The Kier molecular flexibility index (Phi) is 12.6. The zero-order valence-electron chi connectivity index (χ0n) is 24.8. The van der Waals surface area contributed by atoms with Crippen LogP contribution < -0.4 is 4.74 Å². The Balaban J connectivity index is 1.16. The molecule has 210 valence electrons. The molecule has 1 nitrogen and oxygen atoms in total. The SMILES string of the molecule is CCCCCOc1ccc([C@H]2CC[C@H](C=CC#Cc3ccc([C@H]4CC[C@H](CCCCC)CC4)cc3)CC2)cc1. The van der Waals surface area contributed by atoms with Crippen LogP contribution >= 0.6 is 0 Å². The van der Waals surface area contributed by atoms with Crippen LogP contribution in [0.1, 0.15) is 139 Å². The minimum atomic E-state index is 0.663. The van der Waals surface area contributed by atoms with E-state index in [-0.39, 0.29) is 0 Å². The van der Waals surface area contributed by atoms with Crippen LogP contribution in [0.5, 0.6) is 5.75 Å². The van der Waals surface area contributed by atoms with Crippen molar-refractivity contribution in [2.75, 3.05) is 6.61 Å². The molecule has 2 aromatic rings. The summed E-state index contributed by atoms with van der Waals surface area (Å²) in [6, 6.07) is 18.0. The van der Waals surface area contributed by atoms with E-state index in [0.717, 1.165) is 36.2 Å². The van der Waals surface area contributed by atoms with Crippen molar-refractivity contribution in [3.63, 3.8) is 0 Å². The molecule has 0 bridgehead atoms. The molecule has 2 aromatic carbocycles. The van der Waals surface area contributed by atoms with Crippen molar-refractivity contribution < 1.29 is 4.74 Å². The van der Waals surface area contributed by atoms with Crippen LogP contribution in [0, 0.1) is 23.7 Å². The molecule has 2 aliphatic rings. The van der Waals surface area contributed by atoms with Crippen molar-refractivity contribution in [2.24, 2.45) is 11.8 Å². The van der Waals surface area contributed by atoms with E-state index >= 15 is 0 Å². The summed E-state index contributed by atoms with van der Waals surface area (Å²) < 4.78 is 5.88. The van der Waals surface area contributed by atoms with E-state index in [1.807, 2.05) is 0 Å². The normalized spacial score (nSPS) is 23.3.